The third-order valence-electron chi connectivity index (χ3n) is 7.40. The number of hydrogen-bond donors (Lipinski definition) is 0. The fraction of sp³-hybridized carbons (Fsp3) is 0.538. The van der Waals surface area contributed by atoms with Gasteiger partial charge in [0.25, 0.3) is 0 Å². The molecule has 1 aromatic heterocycles. The molecule has 0 N–H and O–H groups in total. The molecule has 0 spiro atoms. The highest BCUT2D eigenvalue weighted by Gasteiger charge is 2.35. The van der Waals surface area contributed by atoms with Gasteiger partial charge in [-0.15, -0.1) is 0 Å². The molecule has 0 radical (unpaired) electrons. The summed E-state index contributed by atoms with van der Waals surface area (Å²) in [6, 6.07) is 7.77. The second kappa shape index (κ2) is 9.12. The molecule has 0 unspecified atom stereocenters. The van der Waals surface area contributed by atoms with Crippen LogP contribution in [0.2, 0.25) is 0 Å². The molecule has 0 bridgehead atoms. The topological polar surface area (TPSA) is 75.6 Å². The van der Waals surface area contributed by atoms with Crippen molar-refractivity contribution in [1.29, 1.82) is 0 Å². The number of ether oxygens (including phenoxy) is 1. The van der Waals surface area contributed by atoms with Gasteiger partial charge < -0.3 is 9.64 Å². The van der Waals surface area contributed by atoms with Gasteiger partial charge >= 0.3 is 0 Å². The van der Waals surface area contributed by atoms with Gasteiger partial charge in [0.2, 0.25) is 11.8 Å². The number of piperidine rings is 1. The van der Waals surface area contributed by atoms with Gasteiger partial charge in [0.05, 0.1) is 20.1 Å². The van der Waals surface area contributed by atoms with Gasteiger partial charge in [0.1, 0.15) is 17.4 Å². The Hall–Kier alpha value is -2.96. The number of hydrogen-bond acceptors (Lipinski definition) is 5. The number of fused-ring (bicyclic) bond motifs is 1. The van der Waals surface area contributed by atoms with Crippen LogP contribution in [0.4, 0.5) is 5.82 Å². The molecule has 1 saturated carbocycles. The number of nitrogens with zero attached hydrogens (tertiary/aromatic N) is 4. The largest absolute Gasteiger partial charge is 0.497 e. The van der Waals surface area contributed by atoms with Crippen LogP contribution in [-0.4, -0.2) is 46.9 Å². The van der Waals surface area contributed by atoms with Gasteiger partial charge in [-0.3, -0.25) is 14.5 Å². The summed E-state index contributed by atoms with van der Waals surface area (Å²) in [7, 11) is 1.64. The zero-order chi connectivity index (χ0) is 22.9. The lowest BCUT2D eigenvalue weighted by atomic mass is 9.95. The first-order valence-electron chi connectivity index (χ1n) is 12.1. The molecular formula is C26H32N4O3. The maximum atomic E-state index is 13.0. The molecular weight excluding hydrogens is 416 g/mol. The Bertz CT molecular complexity index is 1050. The summed E-state index contributed by atoms with van der Waals surface area (Å²) in [6.07, 6.45) is 6.66. The molecule has 5 rings (SSSR count). The van der Waals surface area contributed by atoms with Crippen LogP contribution in [0.25, 0.3) is 0 Å². The minimum atomic E-state index is 0.0528. The Morgan fingerprint density at radius 2 is 1.85 bits per heavy atom. The first-order valence-corrected chi connectivity index (χ1v) is 12.1. The Morgan fingerprint density at radius 1 is 1.09 bits per heavy atom. The third-order valence-corrected chi connectivity index (χ3v) is 7.40. The minimum absolute atomic E-state index is 0.0528. The number of carbonyl (C=O) groups excluding carboxylic acids is 2. The van der Waals surface area contributed by atoms with Gasteiger partial charge in [-0.05, 0) is 50.3 Å². The highest BCUT2D eigenvalue weighted by Crippen LogP contribution is 2.35. The fourth-order valence-corrected chi connectivity index (χ4v) is 5.48. The molecule has 7 heteroatoms. The number of aryl methyl sites for hydroxylation is 1. The fourth-order valence-electron chi connectivity index (χ4n) is 5.48. The first kappa shape index (κ1) is 21.9. The highest BCUT2D eigenvalue weighted by atomic mass is 16.5. The van der Waals surface area contributed by atoms with Crippen molar-refractivity contribution in [3.8, 4) is 5.75 Å². The van der Waals surface area contributed by atoms with E-state index >= 15 is 0 Å². The second-order valence-corrected chi connectivity index (χ2v) is 9.58. The van der Waals surface area contributed by atoms with Crippen molar-refractivity contribution in [2.45, 2.75) is 64.3 Å². The summed E-state index contributed by atoms with van der Waals surface area (Å²) in [5.41, 5.74) is 2.83. The molecule has 2 fully saturated rings. The summed E-state index contributed by atoms with van der Waals surface area (Å²) < 4.78 is 5.24. The molecule has 3 aliphatic rings. The molecule has 7 nitrogen and oxygen atoms in total. The highest BCUT2D eigenvalue weighted by molar-refractivity contribution is 6.00. The number of anilines is 1. The quantitative estimate of drug-likeness (QED) is 0.696. The molecule has 2 aromatic rings. The zero-order valence-electron chi connectivity index (χ0n) is 19.5. The normalized spacial score (nSPS) is 20.9. The summed E-state index contributed by atoms with van der Waals surface area (Å²) in [5, 5.41) is 0. The van der Waals surface area contributed by atoms with Crippen LogP contribution in [0.1, 0.15) is 67.1 Å². The van der Waals surface area contributed by atoms with Gasteiger partial charge in [0, 0.05) is 36.2 Å². The lowest BCUT2D eigenvalue weighted by Crippen LogP contribution is -2.42. The monoisotopic (exact) mass is 448 g/mol. The standard InChI is InChI=1S/C26H32N4O3/c1-17-22-14-23(31)30(15-18-9-11-21(33-2)12-10-18)25(22)28-24(27-17)20-8-5-13-29(16-20)26(32)19-6-3-4-7-19/h9-12,19-20H,3-8,13-16H2,1-2H3/t20-/m0/s1. The number of amides is 2. The van der Waals surface area contributed by atoms with E-state index in [0.29, 0.717) is 25.4 Å². The number of methoxy groups -OCH3 is 1. The maximum absolute atomic E-state index is 13.0. The number of aromatic nitrogens is 2. The third kappa shape index (κ3) is 4.33. The number of likely N-dealkylation sites (tertiary alicyclic amines) is 1. The number of benzene rings is 1. The molecule has 1 atom stereocenters. The van der Waals surface area contributed by atoms with Crippen LogP contribution in [-0.2, 0) is 22.6 Å². The molecule has 174 valence electrons. The molecule has 1 saturated heterocycles. The van der Waals surface area contributed by atoms with Crippen LogP contribution in [0.3, 0.4) is 0 Å². The van der Waals surface area contributed by atoms with E-state index in [1.807, 2.05) is 36.1 Å². The van der Waals surface area contributed by atoms with Crippen molar-refractivity contribution in [3.63, 3.8) is 0 Å². The van der Waals surface area contributed by atoms with Crippen molar-refractivity contribution in [2.75, 3.05) is 25.1 Å². The lowest BCUT2D eigenvalue weighted by Gasteiger charge is -2.34. The van der Waals surface area contributed by atoms with Gasteiger partial charge in [-0.1, -0.05) is 25.0 Å². The predicted octanol–water partition coefficient (Wildman–Crippen LogP) is 3.78. The molecule has 2 aliphatic heterocycles. The Morgan fingerprint density at radius 3 is 2.58 bits per heavy atom. The van der Waals surface area contributed by atoms with Crippen molar-refractivity contribution in [2.24, 2.45) is 5.92 Å². The second-order valence-electron chi connectivity index (χ2n) is 9.58. The Balaban J connectivity index is 1.37. The zero-order valence-corrected chi connectivity index (χ0v) is 19.5. The van der Waals surface area contributed by atoms with Crippen LogP contribution in [0, 0.1) is 12.8 Å². The van der Waals surface area contributed by atoms with E-state index in [2.05, 4.69) is 0 Å². The molecule has 2 amide bonds. The van der Waals surface area contributed by atoms with E-state index in [9.17, 15) is 9.59 Å². The average molecular weight is 449 g/mol. The van der Waals surface area contributed by atoms with E-state index in [1.165, 1.54) is 12.8 Å². The number of carbonyl (C=O) groups is 2. The summed E-state index contributed by atoms with van der Waals surface area (Å²) in [5.74, 6) is 2.97. The van der Waals surface area contributed by atoms with Crippen molar-refractivity contribution in [3.05, 3.63) is 46.9 Å². The van der Waals surface area contributed by atoms with Gasteiger partial charge in [0.15, 0.2) is 0 Å². The molecule has 1 aliphatic carbocycles. The van der Waals surface area contributed by atoms with Crippen LogP contribution >= 0.6 is 0 Å². The van der Waals surface area contributed by atoms with Gasteiger partial charge in [-0.2, -0.15) is 0 Å². The SMILES string of the molecule is COc1ccc(CN2C(=O)Cc3c(C)nc([C@H]4CCCN(C(=O)C5CCCC5)C4)nc32)cc1. The lowest BCUT2D eigenvalue weighted by molar-refractivity contribution is -0.136. The van der Waals surface area contributed by atoms with E-state index in [0.717, 1.165) is 66.4 Å². The maximum Gasteiger partial charge on any atom is 0.233 e. The summed E-state index contributed by atoms with van der Waals surface area (Å²) in [4.78, 5) is 39.4. The Labute approximate surface area is 195 Å². The summed E-state index contributed by atoms with van der Waals surface area (Å²) >= 11 is 0. The molecule has 3 heterocycles. The van der Waals surface area contributed by atoms with E-state index in [-0.39, 0.29) is 17.7 Å². The van der Waals surface area contributed by atoms with Crippen LogP contribution in [0.5, 0.6) is 5.75 Å². The van der Waals surface area contributed by atoms with E-state index < -0.39 is 0 Å². The van der Waals surface area contributed by atoms with Crippen molar-refractivity contribution >= 4 is 17.6 Å². The van der Waals surface area contributed by atoms with Gasteiger partial charge in [-0.25, -0.2) is 9.97 Å². The number of rotatable bonds is 5. The molecule has 1 aromatic carbocycles. The van der Waals surface area contributed by atoms with Crippen molar-refractivity contribution in [1.82, 2.24) is 14.9 Å². The predicted molar refractivity (Wildman–Crippen MR) is 125 cm³/mol. The summed E-state index contributed by atoms with van der Waals surface area (Å²) in [6.45, 7) is 3.96. The van der Waals surface area contributed by atoms with Crippen LogP contribution in [0.15, 0.2) is 24.3 Å². The first-order chi connectivity index (χ1) is 16.0. The van der Waals surface area contributed by atoms with E-state index in [1.54, 1.807) is 12.0 Å². The Kier molecular flexibility index (Phi) is 6.04. The van der Waals surface area contributed by atoms with E-state index in [4.69, 9.17) is 14.7 Å². The van der Waals surface area contributed by atoms with Crippen LogP contribution < -0.4 is 9.64 Å². The smallest absolute Gasteiger partial charge is 0.233 e. The minimum Gasteiger partial charge on any atom is -0.497 e. The van der Waals surface area contributed by atoms with Crippen molar-refractivity contribution < 1.29 is 14.3 Å². The average Bonchev–Trinajstić information content (AvgIpc) is 3.48. The molecule has 33 heavy (non-hydrogen) atoms.